The predicted octanol–water partition coefficient (Wildman–Crippen LogP) is 5.14. The van der Waals surface area contributed by atoms with Crippen molar-refractivity contribution in [3.63, 3.8) is 0 Å². The van der Waals surface area contributed by atoms with Gasteiger partial charge >= 0.3 is 0 Å². The zero-order valence-corrected chi connectivity index (χ0v) is 18.8. The summed E-state index contributed by atoms with van der Waals surface area (Å²) < 4.78 is 6.04. The van der Waals surface area contributed by atoms with E-state index in [2.05, 4.69) is 39.4 Å². The lowest BCUT2D eigenvalue weighted by molar-refractivity contribution is 0.217. The molecule has 3 aromatic heterocycles. The highest BCUT2D eigenvalue weighted by Crippen LogP contribution is 2.37. The number of aromatic nitrogens is 3. The number of halogens is 1. The van der Waals surface area contributed by atoms with Gasteiger partial charge in [-0.1, -0.05) is 31.9 Å². The summed E-state index contributed by atoms with van der Waals surface area (Å²) in [5.41, 5.74) is 2.32. The van der Waals surface area contributed by atoms with Crippen LogP contribution in [-0.2, 0) is 6.42 Å². The minimum Gasteiger partial charge on any atom is -0.454 e. The van der Waals surface area contributed by atoms with Crippen LogP contribution >= 0.6 is 11.6 Å². The van der Waals surface area contributed by atoms with Crippen LogP contribution in [-0.4, -0.2) is 39.3 Å². The number of rotatable bonds is 10. The standard InChI is InChI=1S/C22H30ClN5O2/c1-5-14(12-29)7-8-24-21-19(20(23)27-22(28-21)26-13(3)4)17-10-15-9-16(6-2)25-11-18(15)30-17/h9-11,13-14,29H,5-8,12H2,1-4H3,(H2,24,26,27,28). The number of hydrogen-bond donors (Lipinski definition) is 3. The molecule has 3 N–H and O–H groups in total. The van der Waals surface area contributed by atoms with Gasteiger partial charge in [-0.05, 0) is 44.7 Å². The number of aliphatic hydroxyl groups excluding tert-OH is 1. The number of nitrogens with zero attached hydrogens (tertiary/aromatic N) is 3. The molecule has 0 bridgehead atoms. The molecular formula is C22H30ClN5O2. The van der Waals surface area contributed by atoms with Gasteiger partial charge in [-0.15, -0.1) is 0 Å². The average molecular weight is 432 g/mol. The molecule has 0 aliphatic heterocycles. The number of hydrogen-bond acceptors (Lipinski definition) is 7. The maximum absolute atomic E-state index is 9.46. The fraction of sp³-hybridized carbons (Fsp3) is 0.500. The molecule has 0 aromatic carbocycles. The third kappa shape index (κ3) is 5.21. The van der Waals surface area contributed by atoms with Gasteiger partial charge < -0.3 is 20.2 Å². The Bertz CT molecular complexity index is 985. The van der Waals surface area contributed by atoms with Crippen LogP contribution in [0.2, 0.25) is 5.15 Å². The van der Waals surface area contributed by atoms with Gasteiger partial charge in [-0.2, -0.15) is 4.98 Å². The lowest BCUT2D eigenvalue weighted by Gasteiger charge is -2.16. The molecule has 3 heterocycles. The van der Waals surface area contributed by atoms with Gasteiger partial charge in [0.1, 0.15) is 16.7 Å². The second kappa shape index (κ2) is 10.1. The molecule has 0 fully saturated rings. The molecule has 0 aliphatic rings. The van der Waals surface area contributed by atoms with Crippen molar-refractivity contribution < 1.29 is 9.52 Å². The van der Waals surface area contributed by atoms with E-state index in [9.17, 15) is 5.11 Å². The monoisotopic (exact) mass is 431 g/mol. The van der Waals surface area contributed by atoms with E-state index in [1.165, 1.54) is 0 Å². The van der Waals surface area contributed by atoms with Crippen LogP contribution in [0, 0.1) is 5.92 Å². The molecule has 0 amide bonds. The zero-order valence-electron chi connectivity index (χ0n) is 18.0. The highest BCUT2D eigenvalue weighted by molar-refractivity contribution is 6.32. The van der Waals surface area contributed by atoms with Gasteiger partial charge in [0.15, 0.2) is 5.58 Å². The molecule has 7 nitrogen and oxygen atoms in total. The van der Waals surface area contributed by atoms with Crippen molar-refractivity contribution in [2.75, 3.05) is 23.8 Å². The largest absolute Gasteiger partial charge is 0.454 e. The van der Waals surface area contributed by atoms with E-state index < -0.39 is 0 Å². The second-order valence-corrected chi connectivity index (χ2v) is 8.07. The first kappa shape index (κ1) is 22.3. The van der Waals surface area contributed by atoms with Crippen molar-refractivity contribution in [3.8, 4) is 11.3 Å². The molecule has 3 aromatic rings. The molecule has 3 rings (SSSR count). The SMILES string of the molecule is CCc1cc2cc(-c3c(Cl)nc(NC(C)C)nc3NCCC(CC)CO)oc2cn1. The van der Waals surface area contributed by atoms with Gasteiger partial charge in [-0.3, -0.25) is 4.98 Å². The Hall–Kier alpha value is -2.38. The molecule has 162 valence electrons. The van der Waals surface area contributed by atoms with Gasteiger partial charge in [0.05, 0.1) is 11.8 Å². The fourth-order valence-corrected chi connectivity index (χ4v) is 3.49. The van der Waals surface area contributed by atoms with Crippen LogP contribution in [0.1, 0.15) is 46.2 Å². The van der Waals surface area contributed by atoms with E-state index in [1.54, 1.807) is 6.20 Å². The number of nitrogens with one attached hydrogen (secondary N) is 2. The van der Waals surface area contributed by atoms with E-state index in [-0.39, 0.29) is 18.6 Å². The van der Waals surface area contributed by atoms with Gasteiger partial charge in [-0.25, -0.2) is 4.98 Å². The van der Waals surface area contributed by atoms with Crippen LogP contribution in [0.5, 0.6) is 0 Å². The minimum atomic E-state index is 0.170. The smallest absolute Gasteiger partial charge is 0.226 e. The van der Waals surface area contributed by atoms with Crippen LogP contribution in [0.15, 0.2) is 22.7 Å². The molecule has 0 radical (unpaired) electrons. The summed E-state index contributed by atoms with van der Waals surface area (Å²) in [6.45, 7) is 9.00. The Kier molecular flexibility index (Phi) is 7.50. The highest BCUT2D eigenvalue weighted by Gasteiger charge is 2.20. The van der Waals surface area contributed by atoms with E-state index in [0.29, 0.717) is 40.4 Å². The Balaban J connectivity index is 1.98. The lowest BCUT2D eigenvalue weighted by atomic mass is 10.0. The summed E-state index contributed by atoms with van der Waals surface area (Å²) in [7, 11) is 0. The number of furan rings is 1. The van der Waals surface area contributed by atoms with E-state index >= 15 is 0 Å². The topological polar surface area (TPSA) is 96.1 Å². The quantitative estimate of drug-likeness (QED) is 0.382. The third-order valence-corrected chi connectivity index (χ3v) is 5.31. The summed E-state index contributed by atoms with van der Waals surface area (Å²) in [5, 5.41) is 17.3. The number of pyridine rings is 1. The first-order valence-corrected chi connectivity index (χ1v) is 10.9. The summed E-state index contributed by atoms with van der Waals surface area (Å²) in [6, 6.07) is 4.14. The molecule has 1 unspecified atom stereocenters. The van der Waals surface area contributed by atoms with Gasteiger partial charge in [0.25, 0.3) is 0 Å². The minimum absolute atomic E-state index is 0.170. The number of aliphatic hydroxyl groups is 1. The van der Waals surface area contributed by atoms with E-state index in [4.69, 9.17) is 16.0 Å². The average Bonchev–Trinajstić information content (AvgIpc) is 3.12. The summed E-state index contributed by atoms with van der Waals surface area (Å²) >= 11 is 6.59. The molecule has 0 aliphatic carbocycles. The van der Waals surface area contributed by atoms with Crippen molar-refractivity contribution >= 4 is 34.3 Å². The third-order valence-electron chi connectivity index (χ3n) is 5.03. The number of fused-ring (bicyclic) bond motifs is 1. The molecular weight excluding hydrogens is 402 g/mol. The van der Waals surface area contributed by atoms with Crippen molar-refractivity contribution in [1.29, 1.82) is 0 Å². The van der Waals surface area contributed by atoms with Crippen molar-refractivity contribution in [1.82, 2.24) is 15.0 Å². The summed E-state index contributed by atoms with van der Waals surface area (Å²) in [5.74, 6) is 1.91. The van der Waals surface area contributed by atoms with Crippen LogP contribution in [0.25, 0.3) is 22.3 Å². The zero-order chi connectivity index (χ0) is 21.7. The molecule has 8 heteroatoms. The molecule has 0 saturated heterocycles. The molecule has 0 spiro atoms. The van der Waals surface area contributed by atoms with Gasteiger partial charge in [0, 0.05) is 30.3 Å². The predicted molar refractivity (Wildman–Crippen MR) is 122 cm³/mol. The van der Waals surface area contributed by atoms with E-state index in [1.807, 2.05) is 26.0 Å². The Morgan fingerprint density at radius 1 is 1.20 bits per heavy atom. The summed E-state index contributed by atoms with van der Waals surface area (Å²) in [4.78, 5) is 13.5. The second-order valence-electron chi connectivity index (χ2n) is 7.71. The number of anilines is 2. The molecule has 30 heavy (non-hydrogen) atoms. The normalized spacial score (nSPS) is 12.5. The van der Waals surface area contributed by atoms with Crippen LogP contribution in [0.3, 0.4) is 0 Å². The Labute approximate surface area is 182 Å². The first-order valence-electron chi connectivity index (χ1n) is 10.5. The Morgan fingerprint density at radius 2 is 2.00 bits per heavy atom. The van der Waals surface area contributed by atoms with Crippen LogP contribution in [0.4, 0.5) is 11.8 Å². The van der Waals surface area contributed by atoms with Crippen molar-refractivity contribution in [2.45, 2.75) is 53.0 Å². The fourth-order valence-electron chi connectivity index (χ4n) is 3.23. The number of aryl methyl sites for hydroxylation is 1. The van der Waals surface area contributed by atoms with E-state index in [0.717, 1.165) is 30.3 Å². The maximum atomic E-state index is 9.46. The maximum Gasteiger partial charge on any atom is 0.226 e. The van der Waals surface area contributed by atoms with Crippen molar-refractivity contribution in [3.05, 3.63) is 29.2 Å². The highest BCUT2D eigenvalue weighted by atomic mass is 35.5. The first-order chi connectivity index (χ1) is 14.4. The Morgan fingerprint density at radius 3 is 2.67 bits per heavy atom. The van der Waals surface area contributed by atoms with Gasteiger partial charge in [0.2, 0.25) is 5.95 Å². The van der Waals surface area contributed by atoms with Crippen LogP contribution < -0.4 is 10.6 Å². The molecule has 1 atom stereocenters. The summed E-state index contributed by atoms with van der Waals surface area (Å²) in [6.07, 6.45) is 4.34. The molecule has 0 saturated carbocycles. The van der Waals surface area contributed by atoms with Crippen molar-refractivity contribution in [2.24, 2.45) is 5.92 Å². The lowest BCUT2D eigenvalue weighted by Crippen LogP contribution is -2.16.